The normalized spacial score (nSPS) is 23.1. The van der Waals surface area contributed by atoms with E-state index in [1.165, 1.54) is 5.56 Å². The predicted octanol–water partition coefficient (Wildman–Crippen LogP) is 1.62. The number of amides is 1. The summed E-state index contributed by atoms with van der Waals surface area (Å²) in [7, 11) is 0. The van der Waals surface area contributed by atoms with E-state index in [0.717, 1.165) is 31.5 Å². The minimum Gasteiger partial charge on any atom is -0.388 e. The lowest BCUT2D eigenvalue weighted by Gasteiger charge is -2.36. The van der Waals surface area contributed by atoms with Crippen molar-refractivity contribution in [1.82, 2.24) is 5.32 Å². The van der Waals surface area contributed by atoms with Gasteiger partial charge in [-0.2, -0.15) is 0 Å². The molecular formula is C15H20N2O2. The quantitative estimate of drug-likeness (QED) is 0.771. The Kier molecular flexibility index (Phi) is 3.19. The number of benzene rings is 1. The number of fused-ring (bicyclic) bond motifs is 1. The fourth-order valence-electron chi connectivity index (χ4n) is 2.86. The van der Waals surface area contributed by atoms with Gasteiger partial charge in [0.15, 0.2) is 0 Å². The Bertz CT molecular complexity index is 483. The van der Waals surface area contributed by atoms with E-state index in [4.69, 9.17) is 0 Å². The molecule has 1 saturated carbocycles. The first-order chi connectivity index (χ1) is 9.16. The zero-order chi connectivity index (χ0) is 13.3. The van der Waals surface area contributed by atoms with Gasteiger partial charge in [0.05, 0.1) is 5.60 Å². The second-order valence-electron chi connectivity index (χ2n) is 5.72. The number of nitrogens with one attached hydrogen (secondary N) is 2. The van der Waals surface area contributed by atoms with E-state index in [1.54, 1.807) is 0 Å². The Hall–Kier alpha value is -1.55. The topological polar surface area (TPSA) is 61.4 Å². The van der Waals surface area contributed by atoms with Crippen LogP contribution in [0, 0.1) is 0 Å². The lowest BCUT2D eigenvalue weighted by Crippen LogP contribution is -2.47. The van der Waals surface area contributed by atoms with Gasteiger partial charge in [-0.05, 0) is 30.9 Å². The summed E-state index contributed by atoms with van der Waals surface area (Å²) in [6.07, 6.45) is 3.16. The highest BCUT2D eigenvalue weighted by molar-refractivity contribution is 5.78. The standard InChI is InChI=1S/C15H20N2O2/c18-14(17-10-15(19)6-3-7-15)8-11-9-16-13-5-2-1-4-12(11)13/h1-2,4-5,11,16,19H,3,6-10H2,(H,17,18). The van der Waals surface area contributed by atoms with Crippen LogP contribution in [0.1, 0.15) is 37.2 Å². The van der Waals surface area contributed by atoms with Crippen LogP contribution in [0.3, 0.4) is 0 Å². The van der Waals surface area contributed by atoms with Crippen LogP contribution in [-0.4, -0.2) is 29.7 Å². The van der Waals surface area contributed by atoms with Crippen molar-refractivity contribution in [2.45, 2.75) is 37.2 Å². The Labute approximate surface area is 113 Å². The van der Waals surface area contributed by atoms with Crippen molar-refractivity contribution in [2.75, 3.05) is 18.4 Å². The molecule has 0 spiro atoms. The Morgan fingerprint density at radius 1 is 1.42 bits per heavy atom. The van der Waals surface area contributed by atoms with Crippen LogP contribution in [-0.2, 0) is 4.79 Å². The van der Waals surface area contributed by atoms with Crippen molar-refractivity contribution >= 4 is 11.6 Å². The molecule has 0 aromatic heterocycles. The third-order valence-corrected chi connectivity index (χ3v) is 4.27. The molecule has 0 radical (unpaired) electrons. The van der Waals surface area contributed by atoms with Crippen molar-refractivity contribution in [3.63, 3.8) is 0 Å². The second-order valence-corrected chi connectivity index (χ2v) is 5.72. The van der Waals surface area contributed by atoms with Gasteiger partial charge >= 0.3 is 0 Å². The van der Waals surface area contributed by atoms with Gasteiger partial charge in [-0.15, -0.1) is 0 Å². The van der Waals surface area contributed by atoms with E-state index in [1.807, 2.05) is 18.2 Å². The molecule has 2 aliphatic rings. The minimum absolute atomic E-state index is 0.0313. The Balaban J connectivity index is 1.53. The van der Waals surface area contributed by atoms with Gasteiger partial charge in [-0.25, -0.2) is 0 Å². The molecule has 1 unspecified atom stereocenters. The first-order valence-electron chi connectivity index (χ1n) is 6.98. The van der Waals surface area contributed by atoms with Crippen LogP contribution in [0.4, 0.5) is 5.69 Å². The maximum absolute atomic E-state index is 11.9. The summed E-state index contributed by atoms with van der Waals surface area (Å²) < 4.78 is 0. The van der Waals surface area contributed by atoms with Gasteiger partial charge in [0.25, 0.3) is 0 Å². The van der Waals surface area contributed by atoms with Crippen molar-refractivity contribution in [2.24, 2.45) is 0 Å². The molecule has 3 rings (SSSR count). The number of hydrogen-bond acceptors (Lipinski definition) is 3. The fourth-order valence-corrected chi connectivity index (χ4v) is 2.86. The molecule has 1 heterocycles. The summed E-state index contributed by atoms with van der Waals surface area (Å²) >= 11 is 0. The van der Waals surface area contributed by atoms with E-state index in [2.05, 4.69) is 16.7 Å². The minimum atomic E-state index is -0.637. The average Bonchev–Trinajstić information content (AvgIpc) is 2.78. The zero-order valence-corrected chi connectivity index (χ0v) is 11.0. The SMILES string of the molecule is O=C(CC1CNc2ccccc21)NCC1(O)CCC1. The smallest absolute Gasteiger partial charge is 0.220 e. The molecule has 4 nitrogen and oxygen atoms in total. The number of carbonyl (C=O) groups is 1. The van der Waals surface area contributed by atoms with Gasteiger partial charge in [0.1, 0.15) is 0 Å². The van der Waals surface area contributed by atoms with Crippen molar-refractivity contribution in [3.8, 4) is 0 Å². The molecule has 1 atom stereocenters. The van der Waals surface area contributed by atoms with E-state index in [9.17, 15) is 9.90 Å². The molecule has 1 aromatic carbocycles. The van der Waals surface area contributed by atoms with E-state index >= 15 is 0 Å². The molecule has 0 bridgehead atoms. The highest BCUT2D eigenvalue weighted by Crippen LogP contribution is 2.33. The van der Waals surface area contributed by atoms with Crippen LogP contribution >= 0.6 is 0 Å². The molecule has 1 aliphatic carbocycles. The Morgan fingerprint density at radius 3 is 2.95 bits per heavy atom. The summed E-state index contributed by atoms with van der Waals surface area (Å²) in [6.45, 7) is 1.21. The molecule has 0 saturated heterocycles. The number of rotatable bonds is 4. The monoisotopic (exact) mass is 260 g/mol. The highest BCUT2D eigenvalue weighted by Gasteiger charge is 2.34. The van der Waals surface area contributed by atoms with Crippen LogP contribution in [0.5, 0.6) is 0 Å². The number of hydrogen-bond donors (Lipinski definition) is 3. The predicted molar refractivity (Wildman–Crippen MR) is 74.1 cm³/mol. The van der Waals surface area contributed by atoms with E-state index < -0.39 is 5.60 Å². The van der Waals surface area contributed by atoms with Gasteiger partial charge in [0.2, 0.25) is 5.91 Å². The molecule has 3 N–H and O–H groups in total. The van der Waals surface area contributed by atoms with Gasteiger partial charge < -0.3 is 15.7 Å². The van der Waals surface area contributed by atoms with Crippen molar-refractivity contribution < 1.29 is 9.90 Å². The molecule has 102 valence electrons. The number of anilines is 1. The maximum atomic E-state index is 11.9. The molecule has 1 amide bonds. The molecule has 1 fully saturated rings. The first-order valence-corrected chi connectivity index (χ1v) is 6.98. The van der Waals surface area contributed by atoms with Crippen LogP contribution < -0.4 is 10.6 Å². The third-order valence-electron chi connectivity index (χ3n) is 4.27. The summed E-state index contributed by atoms with van der Waals surface area (Å²) in [5.41, 5.74) is 1.72. The summed E-state index contributed by atoms with van der Waals surface area (Å²) in [6, 6.07) is 8.13. The zero-order valence-electron chi connectivity index (χ0n) is 11.0. The van der Waals surface area contributed by atoms with Crippen LogP contribution in [0.25, 0.3) is 0 Å². The third kappa shape index (κ3) is 2.59. The second kappa shape index (κ2) is 4.85. The summed E-state index contributed by atoms with van der Waals surface area (Å²) in [4.78, 5) is 11.9. The number of para-hydroxylation sites is 1. The Morgan fingerprint density at radius 2 is 2.21 bits per heavy atom. The van der Waals surface area contributed by atoms with Gasteiger partial charge in [-0.1, -0.05) is 18.2 Å². The van der Waals surface area contributed by atoms with Gasteiger partial charge in [0, 0.05) is 31.1 Å². The molecule has 1 aliphatic heterocycles. The maximum Gasteiger partial charge on any atom is 0.220 e. The molecule has 19 heavy (non-hydrogen) atoms. The number of aliphatic hydroxyl groups is 1. The first kappa shape index (κ1) is 12.5. The van der Waals surface area contributed by atoms with E-state index in [0.29, 0.717) is 13.0 Å². The fraction of sp³-hybridized carbons (Fsp3) is 0.533. The largest absolute Gasteiger partial charge is 0.388 e. The average molecular weight is 260 g/mol. The van der Waals surface area contributed by atoms with Gasteiger partial charge in [-0.3, -0.25) is 4.79 Å². The number of carbonyl (C=O) groups excluding carboxylic acids is 1. The summed E-state index contributed by atoms with van der Waals surface area (Å²) in [5.74, 6) is 0.274. The van der Waals surface area contributed by atoms with Crippen LogP contribution in [0.2, 0.25) is 0 Å². The highest BCUT2D eigenvalue weighted by atomic mass is 16.3. The van der Waals surface area contributed by atoms with Crippen LogP contribution in [0.15, 0.2) is 24.3 Å². The van der Waals surface area contributed by atoms with Crippen molar-refractivity contribution in [1.29, 1.82) is 0 Å². The molecular weight excluding hydrogens is 240 g/mol. The van der Waals surface area contributed by atoms with E-state index in [-0.39, 0.29) is 11.8 Å². The van der Waals surface area contributed by atoms with Crippen molar-refractivity contribution in [3.05, 3.63) is 29.8 Å². The summed E-state index contributed by atoms with van der Waals surface area (Å²) in [5, 5.41) is 16.1. The lowest BCUT2D eigenvalue weighted by atomic mass is 9.80. The molecule has 1 aromatic rings. The lowest BCUT2D eigenvalue weighted by molar-refractivity contribution is -0.123. The molecule has 4 heteroatoms.